The van der Waals surface area contributed by atoms with E-state index in [1.807, 2.05) is 0 Å². The molecule has 0 radical (unpaired) electrons. The van der Waals surface area contributed by atoms with Gasteiger partial charge in [0.2, 0.25) is 0 Å². The molecule has 0 aromatic heterocycles. The maximum atomic E-state index is 11.5. The monoisotopic (exact) mass is 251 g/mol. The van der Waals surface area contributed by atoms with Crippen LogP contribution in [0.5, 0.6) is 5.75 Å². The van der Waals surface area contributed by atoms with Gasteiger partial charge < -0.3 is 5.11 Å². The van der Waals surface area contributed by atoms with Gasteiger partial charge in [-0.05, 0) is 30.5 Å². The largest absolute Gasteiger partial charge is 0.508 e. The number of nitrogens with zero attached hydrogens (tertiary/aromatic N) is 1. The van der Waals surface area contributed by atoms with Gasteiger partial charge in [-0.1, -0.05) is 12.1 Å². The van der Waals surface area contributed by atoms with E-state index in [0.717, 1.165) is 5.56 Å². The van der Waals surface area contributed by atoms with Crippen molar-refractivity contribution in [2.45, 2.75) is 12.8 Å². The summed E-state index contributed by atoms with van der Waals surface area (Å²) in [5, 5.41) is 18.4. The Labute approximate surface area is 100 Å². The van der Waals surface area contributed by atoms with E-state index in [2.05, 4.69) is 6.07 Å². The van der Waals surface area contributed by atoms with Gasteiger partial charge in [0, 0.05) is 0 Å². The lowest BCUT2D eigenvalue weighted by Crippen LogP contribution is -2.23. The van der Waals surface area contributed by atoms with E-state index in [0.29, 0.717) is 12.8 Å². The van der Waals surface area contributed by atoms with Crippen molar-refractivity contribution in [1.29, 1.82) is 5.26 Å². The van der Waals surface area contributed by atoms with Crippen LogP contribution in [0.1, 0.15) is 12.0 Å². The number of benzene rings is 1. The average molecular weight is 251 g/mol. The second-order valence-electron chi connectivity index (χ2n) is 4.58. The summed E-state index contributed by atoms with van der Waals surface area (Å²) in [6.07, 6.45) is 0.815. The van der Waals surface area contributed by atoms with Gasteiger partial charge in [-0.25, -0.2) is 8.42 Å². The van der Waals surface area contributed by atoms with E-state index in [4.69, 9.17) is 5.11 Å². The molecule has 4 nitrogen and oxygen atoms in total. The molecule has 1 heterocycles. The van der Waals surface area contributed by atoms with Crippen LogP contribution in [-0.2, 0) is 16.3 Å². The highest BCUT2D eigenvalue weighted by atomic mass is 32.2. The average Bonchev–Trinajstić information content (AvgIpc) is 2.59. The predicted molar refractivity (Wildman–Crippen MR) is 63.1 cm³/mol. The highest BCUT2D eigenvalue weighted by molar-refractivity contribution is 7.91. The van der Waals surface area contributed by atoms with Crippen molar-refractivity contribution in [3.8, 4) is 11.8 Å². The van der Waals surface area contributed by atoms with E-state index in [1.165, 1.54) is 0 Å². The van der Waals surface area contributed by atoms with E-state index in [9.17, 15) is 13.7 Å². The molecule has 1 aromatic rings. The second-order valence-corrected chi connectivity index (χ2v) is 6.76. The molecule has 90 valence electrons. The van der Waals surface area contributed by atoms with E-state index < -0.39 is 15.3 Å². The first-order valence-electron chi connectivity index (χ1n) is 5.34. The van der Waals surface area contributed by atoms with Crippen LogP contribution in [0.25, 0.3) is 0 Å². The minimum atomic E-state index is -3.07. The molecule has 5 heteroatoms. The Hall–Kier alpha value is -1.54. The number of phenols is 1. The van der Waals surface area contributed by atoms with Crippen LogP contribution >= 0.6 is 0 Å². The molecule has 17 heavy (non-hydrogen) atoms. The third-order valence-electron chi connectivity index (χ3n) is 3.10. The van der Waals surface area contributed by atoms with Gasteiger partial charge in [0.15, 0.2) is 9.84 Å². The summed E-state index contributed by atoms with van der Waals surface area (Å²) in [7, 11) is -3.07. The molecule has 1 unspecified atom stereocenters. The van der Waals surface area contributed by atoms with Crippen LogP contribution in [-0.4, -0.2) is 25.0 Å². The van der Waals surface area contributed by atoms with Crippen molar-refractivity contribution in [2.24, 2.45) is 5.41 Å². The summed E-state index contributed by atoms with van der Waals surface area (Å²) in [5.74, 6) is 0.203. The molecule has 2 rings (SSSR count). The number of phenolic OH excluding ortho intramolecular Hbond substituents is 1. The molecule has 1 N–H and O–H groups in total. The molecule has 0 aliphatic carbocycles. The van der Waals surface area contributed by atoms with Crippen LogP contribution in [0.2, 0.25) is 0 Å². The van der Waals surface area contributed by atoms with Crippen LogP contribution in [0.4, 0.5) is 0 Å². The predicted octanol–water partition coefficient (Wildman–Crippen LogP) is 1.26. The topological polar surface area (TPSA) is 78.2 Å². The minimum Gasteiger partial charge on any atom is -0.508 e. The minimum absolute atomic E-state index is 0.0582. The fourth-order valence-corrected chi connectivity index (χ4v) is 4.19. The van der Waals surface area contributed by atoms with Crippen LogP contribution in [0.3, 0.4) is 0 Å². The molecule has 1 atom stereocenters. The van der Waals surface area contributed by atoms with Crippen molar-refractivity contribution < 1.29 is 13.5 Å². The van der Waals surface area contributed by atoms with Crippen molar-refractivity contribution in [1.82, 2.24) is 0 Å². The number of nitriles is 1. The quantitative estimate of drug-likeness (QED) is 0.858. The molecule has 0 saturated carbocycles. The van der Waals surface area contributed by atoms with E-state index in [-0.39, 0.29) is 17.3 Å². The number of hydrogen-bond donors (Lipinski definition) is 1. The highest BCUT2D eigenvalue weighted by Gasteiger charge is 2.42. The first-order chi connectivity index (χ1) is 7.95. The highest BCUT2D eigenvalue weighted by Crippen LogP contribution is 2.35. The van der Waals surface area contributed by atoms with Crippen molar-refractivity contribution >= 4 is 9.84 Å². The summed E-state index contributed by atoms with van der Waals surface area (Å²) in [6.45, 7) is 0. The Morgan fingerprint density at radius 3 is 2.47 bits per heavy atom. The number of rotatable bonds is 2. The summed E-state index contributed by atoms with van der Waals surface area (Å²) in [5.41, 5.74) is 0.0805. The standard InChI is InChI=1S/C12H13NO3S/c13-8-12(5-6-17(15,16)9-12)7-10-1-3-11(14)4-2-10/h1-4,14H,5-7,9H2. The Morgan fingerprint density at radius 2 is 2.00 bits per heavy atom. The summed E-state index contributed by atoms with van der Waals surface area (Å²) in [6, 6.07) is 8.69. The van der Waals surface area contributed by atoms with E-state index in [1.54, 1.807) is 24.3 Å². The molecule has 1 aromatic carbocycles. The van der Waals surface area contributed by atoms with Crippen molar-refractivity contribution in [2.75, 3.05) is 11.5 Å². The lowest BCUT2D eigenvalue weighted by Gasteiger charge is -2.18. The van der Waals surface area contributed by atoms with Crippen LogP contribution in [0, 0.1) is 16.7 Å². The van der Waals surface area contributed by atoms with Gasteiger partial charge in [0.25, 0.3) is 0 Å². The first-order valence-corrected chi connectivity index (χ1v) is 7.16. The van der Waals surface area contributed by atoms with Crippen molar-refractivity contribution in [3.63, 3.8) is 0 Å². The number of aromatic hydroxyl groups is 1. The maximum absolute atomic E-state index is 11.5. The molecule has 1 saturated heterocycles. The number of hydrogen-bond acceptors (Lipinski definition) is 4. The molecule has 0 spiro atoms. The normalized spacial score (nSPS) is 26.5. The SMILES string of the molecule is N#CC1(Cc2ccc(O)cc2)CCS(=O)(=O)C1. The lowest BCUT2D eigenvalue weighted by molar-refractivity contribution is 0.449. The Morgan fingerprint density at radius 1 is 1.35 bits per heavy atom. The van der Waals surface area contributed by atoms with Gasteiger partial charge in [0.1, 0.15) is 5.75 Å². The van der Waals surface area contributed by atoms with Gasteiger partial charge in [-0.2, -0.15) is 5.26 Å². The van der Waals surface area contributed by atoms with Gasteiger partial charge in [-0.15, -0.1) is 0 Å². The third kappa shape index (κ3) is 2.59. The Kier molecular flexibility index (Phi) is 2.84. The third-order valence-corrected chi connectivity index (χ3v) is 4.92. The lowest BCUT2D eigenvalue weighted by atomic mass is 9.83. The Bertz CT molecular complexity index is 556. The fraction of sp³-hybridized carbons (Fsp3) is 0.417. The summed E-state index contributed by atoms with van der Waals surface area (Å²) >= 11 is 0. The molecule has 0 amide bonds. The summed E-state index contributed by atoms with van der Waals surface area (Å²) in [4.78, 5) is 0. The zero-order valence-corrected chi connectivity index (χ0v) is 10.1. The van der Waals surface area contributed by atoms with E-state index >= 15 is 0 Å². The van der Waals surface area contributed by atoms with Crippen LogP contribution in [0.15, 0.2) is 24.3 Å². The van der Waals surface area contributed by atoms with Gasteiger partial charge in [-0.3, -0.25) is 0 Å². The second kappa shape index (κ2) is 4.04. The molecular weight excluding hydrogens is 238 g/mol. The Balaban J connectivity index is 2.22. The van der Waals surface area contributed by atoms with Gasteiger partial charge >= 0.3 is 0 Å². The molecular formula is C12H13NO3S. The summed E-state index contributed by atoms with van der Waals surface area (Å²) < 4.78 is 22.9. The maximum Gasteiger partial charge on any atom is 0.151 e. The first kappa shape index (κ1) is 11.9. The molecule has 1 aliphatic heterocycles. The zero-order valence-electron chi connectivity index (χ0n) is 9.26. The molecule has 0 bridgehead atoms. The van der Waals surface area contributed by atoms with Crippen molar-refractivity contribution in [3.05, 3.63) is 29.8 Å². The zero-order chi connectivity index (χ0) is 12.5. The molecule has 1 aliphatic rings. The molecule has 1 fully saturated rings. The smallest absolute Gasteiger partial charge is 0.151 e. The fourth-order valence-electron chi connectivity index (χ4n) is 2.19. The van der Waals surface area contributed by atoms with Gasteiger partial charge in [0.05, 0.1) is 23.0 Å². The van der Waals surface area contributed by atoms with Crippen LogP contribution < -0.4 is 0 Å². The number of sulfone groups is 1.